The molecule has 0 aromatic carbocycles. The zero-order chi connectivity index (χ0) is 10.9. The van der Waals surface area contributed by atoms with Crippen LogP contribution in [0.15, 0.2) is 0 Å². The summed E-state index contributed by atoms with van der Waals surface area (Å²) in [6, 6.07) is 0. The SMILES string of the molecule is O=P(O)(O)OP(=O)(O)OP(=O)(O)O.[H-].[H-].[K+].[K+]. The van der Waals surface area contributed by atoms with Crippen molar-refractivity contribution >= 4 is 23.5 Å². The van der Waals surface area contributed by atoms with Crippen LogP contribution in [0.3, 0.4) is 0 Å². The molecule has 0 aliphatic carbocycles. The molecule has 0 aromatic rings. The van der Waals surface area contributed by atoms with Crippen LogP contribution in [-0.2, 0) is 22.3 Å². The van der Waals surface area contributed by atoms with E-state index in [0.29, 0.717) is 0 Å². The Bertz CT molecular complexity index is 290. The Morgan fingerprint density at radius 3 is 1.07 bits per heavy atom. The first-order valence-corrected chi connectivity index (χ1v) is 6.83. The molecule has 0 fully saturated rings. The van der Waals surface area contributed by atoms with E-state index in [1.54, 1.807) is 0 Å². The fourth-order valence-electron chi connectivity index (χ4n) is 0.284. The van der Waals surface area contributed by atoms with E-state index in [-0.39, 0.29) is 106 Å². The van der Waals surface area contributed by atoms with Crippen LogP contribution in [0.5, 0.6) is 0 Å². The van der Waals surface area contributed by atoms with Gasteiger partial charge in [0, 0.05) is 0 Å². The number of hydrogen-bond acceptors (Lipinski definition) is 5. The van der Waals surface area contributed by atoms with Crippen molar-refractivity contribution in [2.24, 2.45) is 0 Å². The Balaban J connectivity index is -0.000000120. The maximum absolute atomic E-state index is 10.4. The molecule has 5 N–H and O–H groups in total. The van der Waals surface area contributed by atoms with Gasteiger partial charge in [-0.3, -0.25) is 0 Å². The van der Waals surface area contributed by atoms with E-state index in [0.717, 1.165) is 0 Å². The molecular formula is H7K2O10P3. The topological polar surface area (TPSA) is 171 Å². The Morgan fingerprint density at radius 2 is 0.933 bits per heavy atom. The van der Waals surface area contributed by atoms with Crippen molar-refractivity contribution in [1.82, 2.24) is 0 Å². The molecule has 0 spiro atoms. The second-order valence-corrected chi connectivity index (χ2v) is 5.82. The van der Waals surface area contributed by atoms with E-state index >= 15 is 0 Å². The standard InChI is InChI=1S/2K.H5O10P3.2H/c;;1-11(2,3)9-13(7,8)10-12(4,5)6;;/h;;(H,7,8)(H2,1,2,3)(H2,4,5,6);;/q2*+1;;2*-1. The van der Waals surface area contributed by atoms with Gasteiger partial charge in [-0.15, -0.1) is 0 Å². The summed E-state index contributed by atoms with van der Waals surface area (Å²) < 4.78 is 36.4. The minimum Gasteiger partial charge on any atom is -1.00 e. The van der Waals surface area contributed by atoms with Gasteiger partial charge in [-0.1, -0.05) is 0 Å². The van der Waals surface area contributed by atoms with Gasteiger partial charge in [-0.25, -0.2) is 13.7 Å². The van der Waals surface area contributed by atoms with Gasteiger partial charge < -0.3 is 27.3 Å². The van der Waals surface area contributed by atoms with Crippen molar-refractivity contribution in [2.45, 2.75) is 0 Å². The van der Waals surface area contributed by atoms with Crippen molar-refractivity contribution in [3.8, 4) is 0 Å². The summed E-state index contributed by atoms with van der Waals surface area (Å²) in [5.74, 6) is 0. The predicted molar refractivity (Wildman–Crippen MR) is 38.3 cm³/mol. The zero-order valence-electron chi connectivity index (χ0n) is 9.62. The van der Waals surface area contributed by atoms with Gasteiger partial charge in [0.1, 0.15) is 0 Å². The van der Waals surface area contributed by atoms with Crippen molar-refractivity contribution in [1.29, 1.82) is 0 Å². The summed E-state index contributed by atoms with van der Waals surface area (Å²) >= 11 is 0. The van der Waals surface area contributed by atoms with Gasteiger partial charge in [-0.05, 0) is 0 Å². The van der Waals surface area contributed by atoms with Gasteiger partial charge in [0.15, 0.2) is 0 Å². The molecule has 0 amide bonds. The van der Waals surface area contributed by atoms with Crippen molar-refractivity contribution < 1.29 is 152 Å². The normalized spacial score (nSPS) is 12.6. The zero-order valence-corrected chi connectivity index (χ0v) is 16.5. The van der Waals surface area contributed by atoms with Gasteiger partial charge in [0.05, 0.1) is 0 Å². The fraction of sp³-hybridized carbons (Fsp3) is 0. The smallest absolute Gasteiger partial charge is 1.00 e. The van der Waals surface area contributed by atoms with Gasteiger partial charge in [0.25, 0.3) is 0 Å². The fourth-order valence-corrected chi connectivity index (χ4v) is 2.82. The van der Waals surface area contributed by atoms with Crippen LogP contribution in [0.2, 0.25) is 0 Å². The number of rotatable bonds is 4. The van der Waals surface area contributed by atoms with E-state index in [4.69, 9.17) is 24.5 Å². The molecule has 15 heteroatoms. The van der Waals surface area contributed by atoms with E-state index in [1.165, 1.54) is 0 Å². The number of phosphoric acid groups is 3. The molecule has 0 radical (unpaired) electrons. The van der Waals surface area contributed by atoms with E-state index in [2.05, 4.69) is 8.62 Å². The quantitative estimate of drug-likeness (QED) is 0.245. The minimum absolute atomic E-state index is 0. The third-order valence-electron chi connectivity index (χ3n) is 0.419. The first-order chi connectivity index (χ1) is 5.41. The molecule has 0 aromatic heterocycles. The van der Waals surface area contributed by atoms with Crippen LogP contribution in [0.4, 0.5) is 0 Å². The summed E-state index contributed by atoms with van der Waals surface area (Å²) in [6.45, 7) is 0. The first kappa shape index (κ1) is 23.8. The van der Waals surface area contributed by atoms with Crippen LogP contribution in [0, 0.1) is 0 Å². The van der Waals surface area contributed by atoms with Crippen LogP contribution in [0.25, 0.3) is 0 Å². The van der Waals surface area contributed by atoms with Crippen molar-refractivity contribution in [3.63, 3.8) is 0 Å². The van der Waals surface area contributed by atoms with E-state index < -0.39 is 23.5 Å². The Labute approximate surface area is 172 Å². The molecule has 0 aliphatic rings. The second kappa shape index (κ2) is 8.77. The Morgan fingerprint density at radius 1 is 0.733 bits per heavy atom. The molecule has 0 aliphatic heterocycles. The number of hydrogen-bond donors (Lipinski definition) is 5. The first-order valence-electron chi connectivity index (χ1n) is 2.28. The maximum atomic E-state index is 10.4. The van der Waals surface area contributed by atoms with E-state index in [9.17, 15) is 13.7 Å². The van der Waals surface area contributed by atoms with Crippen molar-refractivity contribution in [3.05, 3.63) is 0 Å². The summed E-state index contributed by atoms with van der Waals surface area (Å²) in [5.41, 5.74) is 0. The average molecular weight is 338 g/mol. The largest absolute Gasteiger partial charge is 1.00 e. The van der Waals surface area contributed by atoms with Crippen LogP contribution >= 0.6 is 23.5 Å². The molecular weight excluding hydrogens is 331 g/mol. The van der Waals surface area contributed by atoms with Crippen LogP contribution < -0.4 is 103 Å². The molecule has 10 nitrogen and oxygen atoms in total. The predicted octanol–water partition coefficient (Wildman–Crippen LogP) is -6.46. The summed E-state index contributed by atoms with van der Waals surface area (Å²) in [7, 11) is -16.2. The molecule has 0 atom stereocenters. The molecule has 0 heterocycles. The second-order valence-electron chi connectivity index (χ2n) is 1.61. The van der Waals surface area contributed by atoms with Crippen molar-refractivity contribution in [2.75, 3.05) is 0 Å². The van der Waals surface area contributed by atoms with Crippen LogP contribution in [-0.4, -0.2) is 24.5 Å². The summed E-state index contributed by atoms with van der Waals surface area (Å²) in [5, 5.41) is 0. The maximum Gasteiger partial charge on any atom is 1.00 e. The molecule has 0 rings (SSSR count). The monoisotopic (exact) mass is 338 g/mol. The third-order valence-corrected chi connectivity index (χ3v) is 3.77. The van der Waals surface area contributed by atoms with Gasteiger partial charge in [-0.2, -0.15) is 8.62 Å². The summed E-state index contributed by atoms with van der Waals surface area (Å²) in [4.78, 5) is 40.2. The molecule has 0 saturated heterocycles. The Kier molecular flexibility index (Phi) is 13.9. The molecule has 0 unspecified atom stereocenters. The molecule has 15 heavy (non-hydrogen) atoms. The molecule has 84 valence electrons. The molecule has 0 saturated carbocycles. The Hall–Kier alpha value is 3.68. The van der Waals surface area contributed by atoms with Gasteiger partial charge >= 0.3 is 126 Å². The van der Waals surface area contributed by atoms with E-state index in [1.807, 2.05) is 0 Å². The molecule has 0 bridgehead atoms. The minimum atomic E-state index is -5.46. The van der Waals surface area contributed by atoms with Crippen LogP contribution in [0.1, 0.15) is 2.85 Å². The van der Waals surface area contributed by atoms with Gasteiger partial charge in [0.2, 0.25) is 0 Å². The third kappa shape index (κ3) is 17.7. The average Bonchev–Trinajstić information content (AvgIpc) is 1.43. The summed E-state index contributed by atoms with van der Waals surface area (Å²) in [6.07, 6.45) is 0.